The van der Waals surface area contributed by atoms with Crippen LogP contribution < -0.4 is 9.80 Å². The second-order valence-corrected chi connectivity index (χ2v) is 13.8. The van der Waals surface area contributed by atoms with E-state index < -0.39 is 0 Å². The topological polar surface area (TPSA) is 19.6 Å². The van der Waals surface area contributed by atoms with Crippen LogP contribution in [0.2, 0.25) is 0 Å². The molecule has 0 saturated heterocycles. The molecule has 3 nitrogen and oxygen atoms in total. The number of nitrogens with zero attached hydrogens (tertiary/aromatic N) is 2. The van der Waals surface area contributed by atoms with Crippen LogP contribution >= 0.6 is 0 Å². The van der Waals surface area contributed by atoms with Gasteiger partial charge in [0.1, 0.15) is 11.2 Å². The summed E-state index contributed by atoms with van der Waals surface area (Å²) < 4.78 is 6.77. The zero-order valence-electron chi connectivity index (χ0n) is 30.1. The van der Waals surface area contributed by atoms with Crippen LogP contribution in [0.3, 0.4) is 0 Å². The van der Waals surface area contributed by atoms with Crippen molar-refractivity contribution in [1.29, 1.82) is 0 Å². The van der Waals surface area contributed by atoms with Crippen molar-refractivity contribution in [1.82, 2.24) is 0 Å². The maximum atomic E-state index is 6.77. The lowest BCUT2D eigenvalue weighted by Gasteiger charge is -2.33. The summed E-state index contributed by atoms with van der Waals surface area (Å²) in [7, 11) is 0. The quantitative estimate of drug-likeness (QED) is 0.157. The van der Waals surface area contributed by atoms with Crippen LogP contribution in [0.4, 0.5) is 34.1 Å². The molecule has 0 radical (unpaired) electrons. The summed E-state index contributed by atoms with van der Waals surface area (Å²) in [6.45, 7) is 0. The van der Waals surface area contributed by atoms with Gasteiger partial charge in [-0.3, -0.25) is 0 Å². The van der Waals surface area contributed by atoms with E-state index in [1.807, 2.05) is 0 Å². The van der Waals surface area contributed by atoms with Crippen LogP contribution in [0.1, 0.15) is 0 Å². The highest BCUT2D eigenvalue weighted by atomic mass is 16.3. The first-order chi connectivity index (χ1) is 27.3. The van der Waals surface area contributed by atoms with Crippen molar-refractivity contribution in [3.05, 3.63) is 218 Å². The largest absolute Gasteiger partial charge is 0.456 e. The molecule has 0 amide bonds. The molecule has 0 aliphatic carbocycles. The molecule has 9 aromatic carbocycles. The molecule has 0 N–H and O–H groups in total. The number of hydrogen-bond acceptors (Lipinski definition) is 3. The Morgan fingerprint density at radius 3 is 1.24 bits per heavy atom. The Hall–Kier alpha value is -7.36. The van der Waals surface area contributed by atoms with Gasteiger partial charge in [0.15, 0.2) is 0 Å². The number of para-hydroxylation sites is 2. The first-order valence-electron chi connectivity index (χ1n) is 18.7. The molecule has 0 fully saturated rings. The minimum atomic E-state index is 0.833. The van der Waals surface area contributed by atoms with Gasteiger partial charge in [0.2, 0.25) is 0 Å². The smallest absolute Gasteiger partial charge is 0.137 e. The third-order valence-electron chi connectivity index (χ3n) is 10.4. The molecule has 0 unspecified atom stereocenters. The first-order valence-corrected chi connectivity index (χ1v) is 18.7. The molecule has 10 aromatic rings. The van der Waals surface area contributed by atoms with Gasteiger partial charge in [-0.25, -0.2) is 0 Å². The molecule has 0 aliphatic rings. The normalized spacial score (nSPS) is 11.3. The lowest BCUT2D eigenvalue weighted by molar-refractivity contribution is 0.669. The zero-order valence-corrected chi connectivity index (χ0v) is 30.1. The Kier molecular flexibility index (Phi) is 8.16. The van der Waals surface area contributed by atoms with Crippen LogP contribution in [0.15, 0.2) is 223 Å². The molecule has 0 spiro atoms. The Bertz CT molecular complexity index is 2890. The standard InChI is InChI=1S/C52H36N2O/c1-5-15-37(16-6-1)39-25-30-44(31-26-39)53(42-20-9-3-10-21-42)48-35-47-51(55-50-34-29-41-19-13-14-24-46(41)52(47)50)36-49(48)54(43-22-11-4-12-23-43)45-32-27-40(28-33-45)38-17-7-2-8-18-38/h1-36H. The van der Waals surface area contributed by atoms with Gasteiger partial charge in [0.25, 0.3) is 0 Å². The number of furan rings is 1. The number of rotatable bonds is 8. The Balaban J connectivity index is 1.25. The predicted molar refractivity (Wildman–Crippen MR) is 231 cm³/mol. The summed E-state index contributed by atoms with van der Waals surface area (Å²) in [6, 6.07) is 77.5. The second kappa shape index (κ2) is 13.9. The number of benzene rings is 9. The van der Waals surface area contributed by atoms with Gasteiger partial charge < -0.3 is 14.2 Å². The van der Waals surface area contributed by atoms with Gasteiger partial charge in [-0.15, -0.1) is 0 Å². The maximum absolute atomic E-state index is 6.77. The number of anilines is 6. The van der Waals surface area contributed by atoms with Crippen molar-refractivity contribution in [2.75, 3.05) is 9.80 Å². The van der Waals surface area contributed by atoms with Crippen molar-refractivity contribution in [3.8, 4) is 22.3 Å². The molecule has 1 heterocycles. The van der Waals surface area contributed by atoms with Gasteiger partial charge in [0, 0.05) is 39.6 Å². The Morgan fingerprint density at radius 2 is 0.709 bits per heavy atom. The van der Waals surface area contributed by atoms with Crippen LogP contribution in [0.25, 0.3) is 55.0 Å². The average Bonchev–Trinajstić information content (AvgIpc) is 3.64. The highest BCUT2D eigenvalue weighted by Crippen LogP contribution is 2.49. The predicted octanol–water partition coefficient (Wildman–Crippen LogP) is 15.0. The molecular formula is C52H36N2O. The fourth-order valence-corrected chi connectivity index (χ4v) is 7.80. The van der Waals surface area contributed by atoms with Crippen LogP contribution in [0.5, 0.6) is 0 Å². The molecule has 55 heavy (non-hydrogen) atoms. The fraction of sp³-hybridized carbons (Fsp3) is 0. The highest BCUT2D eigenvalue weighted by molar-refractivity contribution is 6.20. The van der Waals surface area contributed by atoms with E-state index in [0.29, 0.717) is 0 Å². The summed E-state index contributed by atoms with van der Waals surface area (Å²) >= 11 is 0. The SMILES string of the molecule is c1ccc(-c2ccc(N(c3ccccc3)c3cc4oc5ccc6ccccc6c5c4cc3N(c3ccccc3)c3ccc(-c4ccccc4)cc3)cc2)cc1. The van der Waals surface area contributed by atoms with Crippen LogP contribution in [-0.2, 0) is 0 Å². The first kappa shape index (κ1) is 32.3. The maximum Gasteiger partial charge on any atom is 0.137 e. The van der Waals surface area contributed by atoms with Crippen molar-refractivity contribution in [2.45, 2.75) is 0 Å². The Morgan fingerprint density at radius 1 is 0.291 bits per heavy atom. The van der Waals surface area contributed by atoms with Crippen LogP contribution in [-0.4, -0.2) is 0 Å². The monoisotopic (exact) mass is 704 g/mol. The van der Waals surface area contributed by atoms with Crippen molar-refractivity contribution >= 4 is 66.8 Å². The molecule has 10 rings (SSSR count). The van der Waals surface area contributed by atoms with E-state index >= 15 is 0 Å². The second-order valence-electron chi connectivity index (χ2n) is 13.8. The third-order valence-corrected chi connectivity index (χ3v) is 10.4. The zero-order chi connectivity index (χ0) is 36.6. The molecule has 1 aromatic heterocycles. The molecule has 0 saturated carbocycles. The summed E-state index contributed by atoms with van der Waals surface area (Å²) in [5.74, 6) is 0. The molecule has 0 atom stereocenters. The van der Waals surface area contributed by atoms with E-state index in [9.17, 15) is 0 Å². The summed E-state index contributed by atoms with van der Waals surface area (Å²) in [5, 5.41) is 4.54. The van der Waals surface area contributed by atoms with Gasteiger partial charge in [-0.1, -0.05) is 152 Å². The lowest BCUT2D eigenvalue weighted by atomic mass is 10.0. The highest BCUT2D eigenvalue weighted by Gasteiger charge is 2.25. The van der Waals surface area contributed by atoms with E-state index in [-0.39, 0.29) is 0 Å². The molecule has 0 aliphatic heterocycles. The van der Waals surface area contributed by atoms with Gasteiger partial charge in [-0.2, -0.15) is 0 Å². The molecular weight excluding hydrogens is 669 g/mol. The minimum Gasteiger partial charge on any atom is -0.456 e. The molecule has 260 valence electrons. The van der Waals surface area contributed by atoms with Gasteiger partial charge >= 0.3 is 0 Å². The summed E-state index contributed by atoms with van der Waals surface area (Å²) in [6.07, 6.45) is 0. The fourth-order valence-electron chi connectivity index (χ4n) is 7.80. The van der Waals surface area contributed by atoms with Crippen LogP contribution in [0, 0.1) is 0 Å². The molecule has 0 bridgehead atoms. The number of fused-ring (bicyclic) bond motifs is 5. The van der Waals surface area contributed by atoms with E-state index in [4.69, 9.17) is 4.42 Å². The summed E-state index contributed by atoms with van der Waals surface area (Å²) in [4.78, 5) is 4.73. The molecule has 3 heteroatoms. The summed E-state index contributed by atoms with van der Waals surface area (Å²) in [5.41, 5.74) is 12.6. The minimum absolute atomic E-state index is 0.833. The van der Waals surface area contributed by atoms with E-state index in [1.165, 1.54) is 33.0 Å². The third kappa shape index (κ3) is 5.98. The van der Waals surface area contributed by atoms with Crippen molar-refractivity contribution in [3.63, 3.8) is 0 Å². The number of hydrogen-bond donors (Lipinski definition) is 0. The van der Waals surface area contributed by atoms with Crippen molar-refractivity contribution in [2.24, 2.45) is 0 Å². The van der Waals surface area contributed by atoms with Crippen molar-refractivity contribution < 1.29 is 4.42 Å². The van der Waals surface area contributed by atoms with E-state index in [1.54, 1.807) is 0 Å². The van der Waals surface area contributed by atoms with Gasteiger partial charge in [0.05, 0.1) is 11.4 Å². The average molecular weight is 705 g/mol. The van der Waals surface area contributed by atoms with E-state index in [2.05, 4.69) is 228 Å². The van der Waals surface area contributed by atoms with Gasteiger partial charge in [-0.05, 0) is 93.7 Å². The Labute approximate surface area is 320 Å². The lowest BCUT2D eigenvalue weighted by Crippen LogP contribution is -2.17. The van der Waals surface area contributed by atoms with E-state index in [0.717, 1.165) is 56.1 Å².